The van der Waals surface area contributed by atoms with E-state index in [1.54, 1.807) is 0 Å². The molecule has 1 rings (SSSR count). The van der Waals surface area contributed by atoms with Crippen LogP contribution in [0.3, 0.4) is 0 Å². The summed E-state index contributed by atoms with van der Waals surface area (Å²) in [6.45, 7) is 5.23. The van der Waals surface area contributed by atoms with Crippen molar-refractivity contribution in [2.24, 2.45) is 5.73 Å². The van der Waals surface area contributed by atoms with Crippen LogP contribution in [-0.4, -0.2) is 5.38 Å². The van der Waals surface area contributed by atoms with Gasteiger partial charge in [-0.25, -0.2) is 0 Å². The number of alkyl halides is 1. The predicted molar refractivity (Wildman–Crippen MR) is 162 cm³/mol. The van der Waals surface area contributed by atoms with Crippen LogP contribution in [0.5, 0.6) is 0 Å². The summed E-state index contributed by atoms with van der Waals surface area (Å²) >= 11 is 6.51. The van der Waals surface area contributed by atoms with Crippen molar-refractivity contribution in [2.75, 3.05) is 0 Å². The number of hydrogen-bond acceptors (Lipinski definition) is 1. The number of hydrogen-bond donors (Lipinski definition) is 1. The minimum atomic E-state index is 0.442. The molecular weight excluding hydrogens is 446 g/mol. The van der Waals surface area contributed by atoms with Crippen molar-refractivity contribution in [3.63, 3.8) is 0 Å². The van der Waals surface area contributed by atoms with Gasteiger partial charge in [0.1, 0.15) is 0 Å². The van der Waals surface area contributed by atoms with E-state index in [0.29, 0.717) is 11.9 Å². The summed E-state index contributed by atoms with van der Waals surface area (Å²) in [5.41, 5.74) is 6.54. The van der Waals surface area contributed by atoms with E-state index in [9.17, 15) is 0 Å². The Balaban J connectivity index is 0.00000121. The van der Waals surface area contributed by atoms with Gasteiger partial charge < -0.3 is 5.73 Å². The number of unbranched alkanes of at least 4 members (excludes halogenated alkanes) is 19. The molecule has 0 amide bonds. The molecule has 1 atom stereocenters. The van der Waals surface area contributed by atoms with E-state index >= 15 is 0 Å². The second-order valence-corrected chi connectivity index (χ2v) is 11.2. The van der Waals surface area contributed by atoms with Crippen LogP contribution in [0, 0.1) is 0 Å². The van der Waals surface area contributed by atoms with E-state index in [1.165, 1.54) is 153 Å². The van der Waals surface area contributed by atoms with Crippen LogP contribution in [0.15, 0.2) is 30.3 Å². The SMILES string of the molecule is CCCCCCCCCCCCCC(Cl)CCCCCCCCCCCC.NCc1ccccc1. The van der Waals surface area contributed by atoms with Crippen molar-refractivity contribution < 1.29 is 0 Å². The molecule has 0 radical (unpaired) electrons. The third-order valence-corrected chi connectivity index (χ3v) is 7.51. The lowest BCUT2D eigenvalue weighted by Crippen LogP contribution is -1.98. The Hall–Kier alpha value is -0.530. The molecule has 0 fully saturated rings. The summed E-state index contributed by atoms with van der Waals surface area (Å²) in [4.78, 5) is 0. The third-order valence-electron chi connectivity index (χ3n) is 7.07. The molecule has 0 spiro atoms. The number of nitrogens with two attached hydrogens (primary N) is 1. The number of halogens is 1. The summed E-state index contributed by atoms with van der Waals surface area (Å²) in [5, 5.41) is 0.442. The van der Waals surface area contributed by atoms with Crippen LogP contribution in [0.2, 0.25) is 0 Å². The summed E-state index contributed by atoms with van der Waals surface area (Å²) in [5.74, 6) is 0. The van der Waals surface area contributed by atoms with Gasteiger partial charge in [-0.05, 0) is 18.4 Å². The van der Waals surface area contributed by atoms with Crippen LogP contribution in [0.4, 0.5) is 0 Å². The molecule has 1 aromatic carbocycles. The Morgan fingerprint density at radius 2 is 0.829 bits per heavy atom. The Labute approximate surface area is 226 Å². The quantitative estimate of drug-likeness (QED) is 0.109. The molecule has 0 heterocycles. The zero-order valence-corrected chi connectivity index (χ0v) is 24.6. The first-order chi connectivity index (χ1) is 17.2. The highest BCUT2D eigenvalue weighted by atomic mass is 35.5. The zero-order valence-electron chi connectivity index (χ0n) is 23.9. The van der Waals surface area contributed by atoms with Crippen LogP contribution in [0.25, 0.3) is 0 Å². The van der Waals surface area contributed by atoms with Gasteiger partial charge in [0.05, 0.1) is 0 Å². The number of benzene rings is 1. The van der Waals surface area contributed by atoms with Crippen LogP contribution < -0.4 is 5.73 Å². The summed E-state index contributed by atoms with van der Waals surface area (Å²) in [7, 11) is 0. The highest BCUT2D eigenvalue weighted by molar-refractivity contribution is 6.20. The molecule has 0 aliphatic carbocycles. The third kappa shape index (κ3) is 27.9. The average Bonchev–Trinajstić information content (AvgIpc) is 2.89. The fraction of sp³-hybridized carbons (Fsp3) is 0.818. The highest BCUT2D eigenvalue weighted by Gasteiger charge is 2.04. The Morgan fingerprint density at radius 3 is 1.11 bits per heavy atom. The predicted octanol–water partition coefficient (Wildman–Crippen LogP) is 11.8. The van der Waals surface area contributed by atoms with Crippen LogP contribution in [0.1, 0.15) is 167 Å². The van der Waals surface area contributed by atoms with Gasteiger partial charge >= 0.3 is 0 Å². The summed E-state index contributed by atoms with van der Waals surface area (Å²) < 4.78 is 0. The van der Waals surface area contributed by atoms with Crippen molar-refractivity contribution in [3.05, 3.63) is 35.9 Å². The fourth-order valence-corrected chi connectivity index (χ4v) is 4.95. The smallest absolute Gasteiger partial charge is 0.0336 e. The van der Waals surface area contributed by atoms with E-state index in [0.717, 1.165) is 0 Å². The molecule has 0 saturated carbocycles. The van der Waals surface area contributed by atoms with Crippen LogP contribution >= 0.6 is 11.6 Å². The minimum absolute atomic E-state index is 0.442. The Morgan fingerprint density at radius 1 is 0.514 bits per heavy atom. The molecule has 1 nitrogen and oxygen atoms in total. The van der Waals surface area contributed by atoms with E-state index in [2.05, 4.69) is 13.8 Å². The Bertz CT molecular complexity index is 489. The van der Waals surface area contributed by atoms with E-state index in [4.69, 9.17) is 17.3 Å². The van der Waals surface area contributed by atoms with Gasteiger partial charge in [-0.3, -0.25) is 0 Å². The first-order valence-corrected chi connectivity index (χ1v) is 16.1. The average molecular weight is 508 g/mol. The topological polar surface area (TPSA) is 26.0 Å². The van der Waals surface area contributed by atoms with Crippen molar-refractivity contribution in [2.45, 2.75) is 173 Å². The van der Waals surface area contributed by atoms with E-state index in [-0.39, 0.29) is 0 Å². The molecule has 2 heteroatoms. The largest absolute Gasteiger partial charge is 0.326 e. The monoisotopic (exact) mass is 507 g/mol. The lowest BCUT2D eigenvalue weighted by Gasteiger charge is -2.09. The zero-order chi connectivity index (χ0) is 25.7. The lowest BCUT2D eigenvalue weighted by molar-refractivity contribution is 0.520. The normalized spacial score (nSPS) is 11.8. The maximum absolute atomic E-state index is 6.51. The van der Waals surface area contributed by atoms with Gasteiger partial charge in [-0.1, -0.05) is 179 Å². The van der Waals surface area contributed by atoms with Gasteiger partial charge in [-0.15, -0.1) is 11.6 Å². The maximum Gasteiger partial charge on any atom is 0.0336 e. The summed E-state index contributed by atoms with van der Waals surface area (Å²) in [6, 6.07) is 9.99. The number of rotatable bonds is 24. The molecule has 1 unspecified atom stereocenters. The van der Waals surface area contributed by atoms with Gasteiger partial charge in [-0.2, -0.15) is 0 Å². The lowest BCUT2D eigenvalue weighted by atomic mass is 10.0. The first-order valence-electron chi connectivity index (χ1n) is 15.6. The van der Waals surface area contributed by atoms with Gasteiger partial charge in [0.25, 0.3) is 0 Å². The Kier molecular flexibility index (Phi) is 29.2. The summed E-state index contributed by atoms with van der Waals surface area (Å²) in [6.07, 6.45) is 32.4. The van der Waals surface area contributed by atoms with Gasteiger partial charge in [0.2, 0.25) is 0 Å². The molecule has 0 aliphatic heterocycles. The molecule has 206 valence electrons. The molecule has 2 N–H and O–H groups in total. The molecule has 1 aromatic rings. The molecule has 0 aromatic heterocycles. The molecule has 35 heavy (non-hydrogen) atoms. The molecule has 0 saturated heterocycles. The second-order valence-electron chi connectivity index (χ2n) is 10.6. The standard InChI is InChI=1S/C26H53Cl.C7H9N/c1-3-5-7-9-11-13-15-17-19-21-23-25-26(27)24-22-20-18-16-14-12-10-8-6-4-2;8-6-7-4-2-1-3-5-7/h26H,3-25H2,1-2H3;1-5H,6,8H2. The fourth-order valence-electron chi connectivity index (χ4n) is 4.64. The first kappa shape index (κ1) is 34.5. The van der Waals surface area contributed by atoms with Gasteiger partial charge in [0.15, 0.2) is 0 Å². The van der Waals surface area contributed by atoms with Crippen molar-refractivity contribution in [1.29, 1.82) is 0 Å². The molecule has 0 aliphatic rings. The highest BCUT2D eigenvalue weighted by Crippen LogP contribution is 2.19. The molecule has 0 bridgehead atoms. The van der Waals surface area contributed by atoms with Crippen molar-refractivity contribution in [1.82, 2.24) is 0 Å². The minimum Gasteiger partial charge on any atom is -0.326 e. The maximum atomic E-state index is 6.51. The van der Waals surface area contributed by atoms with E-state index in [1.807, 2.05) is 30.3 Å². The second kappa shape index (κ2) is 29.7. The van der Waals surface area contributed by atoms with Crippen LogP contribution in [-0.2, 0) is 6.54 Å². The molecular formula is C33H62ClN. The van der Waals surface area contributed by atoms with Crippen molar-refractivity contribution in [3.8, 4) is 0 Å². The van der Waals surface area contributed by atoms with Gasteiger partial charge in [0, 0.05) is 11.9 Å². The van der Waals surface area contributed by atoms with E-state index < -0.39 is 0 Å². The van der Waals surface area contributed by atoms with Crippen molar-refractivity contribution >= 4 is 11.6 Å².